The molecule has 2 atom stereocenters. The van der Waals surface area contributed by atoms with Crippen LogP contribution in [-0.2, 0) is 4.79 Å². The van der Waals surface area contributed by atoms with Gasteiger partial charge in [-0.1, -0.05) is 102 Å². The molecule has 0 saturated heterocycles. The van der Waals surface area contributed by atoms with Crippen molar-refractivity contribution in [1.82, 2.24) is 5.32 Å². The fourth-order valence-corrected chi connectivity index (χ4v) is 3.59. The number of carbonyl (C=O) groups excluding carboxylic acids is 1. The van der Waals surface area contributed by atoms with Crippen molar-refractivity contribution in [3.63, 3.8) is 0 Å². The molecule has 0 aliphatic heterocycles. The lowest BCUT2D eigenvalue weighted by Gasteiger charge is -2.20. The highest BCUT2D eigenvalue weighted by atomic mass is 16.3. The van der Waals surface area contributed by atoms with Gasteiger partial charge in [0.15, 0.2) is 0 Å². The van der Waals surface area contributed by atoms with Crippen molar-refractivity contribution in [3.05, 3.63) is 24.3 Å². The van der Waals surface area contributed by atoms with Crippen molar-refractivity contribution in [1.29, 1.82) is 0 Å². The average molecular weight is 438 g/mol. The summed E-state index contributed by atoms with van der Waals surface area (Å²) in [5.41, 5.74) is 0. The van der Waals surface area contributed by atoms with Gasteiger partial charge >= 0.3 is 0 Å². The van der Waals surface area contributed by atoms with Crippen LogP contribution in [-0.4, -0.2) is 34.9 Å². The lowest BCUT2D eigenvalue weighted by Crippen LogP contribution is -2.45. The van der Waals surface area contributed by atoms with Crippen molar-refractivity contribution in [2.75, 3.05) is 6.61 Å². The number of carbonyl (C=O) groups is 1. The molecule has 0 rings (SSSR count). The maximum absolute atomic E-state index is 12.1. The molecule has 2 unspecified atom stereocenters. The predicted octanol–water partition coefficient (Wildman–Crippen LogP) is 6.61. The Morgan fingerprint density at radius 2 is 1.29 bits per heavy atom. The van der Waals surface area contributed by atoms with Crippen LogP contribution in [0, 0.1) is 0 Å². The fraction of sp³-hybridized carbons (Fsp3) is 0.815. The molecule has 0 radical (unpaired) electrons. The molecule has 0 spiro atoms. The van der Waals surface area contributed by atoms with Crippen LogP contribution in [0.3, 0.4) is 0 Å². The Balaban J connectivity index is 3.77. The highest BCUT2D eigenvalue weighted by molar-refractivity contribution is 5.76. The molecule has 0 aromatic rings. The standard InChI is InChI=1S/C27H51NO3/c1-3-5-7-9-11-13-15-17-19-21-23-27(31)28-25(24-29)26(30)22-20-18-16-14-12-10-8-6-4-2/h7,9,20,22,25-26,29-30H,3-6,8,10-19,21,23-24H2,1-2H3,(H,28,31)/b9-7-,22-20+. The first kappa shape index (κ1) is 29.9. The fourth-order valence-electron chi connectivity index (χ4n) is 3.59. The summed E-state index contributed by atoms with van der Waals surface area (Å²) < 4.78 is 0. The summed E-state index contributed by atoms with van der Waals surface area (Å²) in [6.07, 6.45) is 26.7. The maximum atomic E-state index is 12.1. The number of amides is 1. The third kappa shape index (κ3) is 20.5. The van der Waals surface area contributed by atoms with Crippen LogP contribution in [0.2, 0.25) is 0 Å². The van der Waals surface area contributed by atoms with Crippen LogP contribution in [0.15, 0.2) is 24.3 Å². The van der Waals surface area contributed by atoms with E-state index in [0.29, 0.717) is 6.42 Å². The lowest BCUT2D eigenvalue weighted by atomic mass is 10.1. The van der Waals surface area contributed by atoms with E-state index in [4.69, 9.17) is 0 Å². The summed E-state index contributed by atoms with van der Waals surface area (Å²) in [5.74, 6) is -0.0823. The molecular formula is C27H51NO3. The van der Waals surface area contributed by atoms with Crippen LogP contribution >= 0.6 is 0 Å². The number of allylic oxidation sites excluding steroid dienone is 3. The van der Waals surface area contributed by atoms with Crippen LogP contribution in [0.25, 0.3) is 0 Å². The second kappa shape index (κ2) is 23.5. The molecule has 31 heavy (non-hydrogen) atoms. The Labute approximate surface area is 192 Å². The van der Waals surface area contributed by atoms with Crippen molar-refractivity contribution in [3.8, 4) is 0 Å². The number of rotatable bonds is 22. The molecule has 1 amide bonds. The Morgan fingerprint density at radius 3 is 1.90 bits per heavy atom. The number of aliphatic hydroxyl groups excluding tert-OH is 2. The largest absolute Gasteiger partial charge is 0.394 e. The molecule has 0 aliphatic rings. The SMILES string of the molecule is CCC/C=C\CCCCCCCC(=O)NC(CO)C(O)/C=C/CCCCCCCCC. The second-order valence-corrected chi connectivity index (χ2v) is 8.75. The van der Waals surface area contributed by atoms with Gasteiger partial charge in [-0.05, 0) is 38.5 Å². The van der Waals surface area contributed by atoms with Gasteiger partial charge in [-0.25, -0.2) is 0 Å². The average Bonchev–Trinajstić information content (AvgIpc) is 2.77. The molecular weight excluding hydrogens is 386 g/mol. The second-order valence-electron chi connectivity index (χ2n) is 8.75. The molecule has 0 bridgehead atoms. The van der Waals surface area contributed by atoms with Crippen molar-refractivity contribution >= 4 is 5.91 Å². The van der Waals surface area contributed by atoms with E-state index in [1.807, 2.05) is 6.08 Å². The van der Waals surface area contributed by atoms with Crippen molar-refractivity contribution < 1.29 is 15.0 Å². The zero-order valence-electron chi connectivity index (χ0n) is 20.5. The summed E-state index contributed by atoms with van der Waals surface area (Å²) >= 11 is 0. The lowest BCUT2D eigenvalue weighted by molar-refractivity contribution is -0.123. The van der Waals surface area contributed by atoms with E-state index < -0.39 is 12.1 Å². The van der Waals surface area contributed by atoms with Gasteiger partial charge in [0.2, 0.25) is 5.91 Å². The van der Waals surface area contributed by atoms with Crippen LogP contribution in [0.5, 0.6) is 0 Å². The molecule has 4 heteroatoms. The van der Waals surface area contributed by atoms with Gasteiger partial charge in [0.1, 0.15) is 0 Å². The first-order valence-corrected chi connectivity index (χ1v) is 13.1. The number of hydrogen-bond donors (Lipinski definition) is 3. The minimum absolute atomic E-state index is 0.0823. The third-order valence-electron chi connectivity index (χ3n) is 5.66. The quantitative estimate of drug-likeness (QED) is 0.132. The van der Waals surface area contributed by atoms with Gasteiger partial charge in [-0.3, -0.25) is 4.79 Å². The monoisotopic (exact) mass is 437 g/mol. The number of aliphatic hydroxyl groups is 2. The van der Waals surface area contributed by atoms with E-state index in [2.05, 4.69) is 31.3 Å². The van der Waals surface area contributed by atoms with Gasteiger partial charge in [-0.2, -0.15) is 0 Å². The molecule has 0 fully saturated rings. The molecule has 0 aromatic heterocycles. The van der Waals surface area contributed by atoms with Gasteiger partial charge in [0.05, 0.1) is 18.8 Å². The molecule has 3 N–H and O–H groups in total. The summed E-state index contributed by atoms with van der Waals surface area (Å²) in [6, 6.07) is -0.618. The highest BCUT2D eigenvalue weighted by Crippen LogP contribution is 2.10. The Hall–Kier alpha value is -1.13. The molecule has 0 heterocycles. The Bertz CT molecular complexity index is 448. The van der Waals surface area contributed by atoms with E-state index in [1.54, 1.807) is 6.08 Å². The van der Waals surface area contributed by atoms with Crippen molar-refractivity contribution in [2.45, 2.75) is 135 Å². The first-order valence-electron chi connectivity index (χ1n) is 13.1. The maximum Gasteiger partial charge on any atom is 0.220 e. The summed E-state index contributed by atoms with van der Waals surface area (Å²) in [4.78, 5) is 12.1. The molecule has 0 aromatic carbocycles. The molecule has 0 aliphatic carbocycles. The summed E-state index contributed by atoms with van der Waals surface area (Å²) in [6.45, 7) is 4.17. The minimum atomic E-state index is -0.834. The molecule has 0 saturated carbocycles. The normalized spacial score (nSPS) is 13.8. The topological polar surface area (TPSA) is 69.6 Å². The van der Waals surface area contributed by atoms with E-state index >= 15 is 0 Å². The van der Waals surface area contributed by atoms with Gasteiger partial charge in [-0.15, -0.1) is 0 Å². The van der Waals surface area contributed by atoms with Crippen molar-refractivity contribution in [2.24, 2.45) is 0 Å². The van der Waals surface area contributed by atoms with Gasteiger partial charge in [0.25, 0.3) is 0 Å². The van der Waals surface area contributed by atoms with E-state index in [-0.39, 0.29) is 12.5 Å². The Kier molecular flexibility index (Phi) is 22.7. The number of hydrogen-bond acceptors (Lipinski definition) is 3. The highest BCUT2D eigenvalue weighted by Gasteiger charge is 2.17. The van der Waals surface area contributed by atoms with Gasteiger partial charge < -0.3 is 15.5 Å². The smallest absolute Gasteiger partial charge is 0.220 e. The molecule has 182 valence electrons. The molecule has 4 nitrogen and oxygen atoms in total. The third-order valence-corrected chi connectivity index (χ3v) is 5.66. The number of unbranched alkanes of at least 4 members (excludes halogenated alkanes) is 13. The van der Waals surface area contributed by atoms with E-state index in [1.165, 1.54) is 64.2 Å². The van der Waals surface area contributed by atoms with E-state index in [9.17, 15) is 15.0 Å². The minimum Gasteiger partial charge on any atom is -0.394 e. The van der Waals surface area contributed by atoms with Gasteiger partial charge in [0, 0.05) is 6.42 Å². The zero-order chi connectivity index (χ0) is 23.0. The summed E-state index contributed by atoms with van der Waals surface area (Å²) in [5, 5.41) is 22.5. The zero-order valence-corrected chi connectivity index (χ0v) is 20.5. The van der Waals surface area contributed by atoms with Crippen LogP contribution in [0.1, 0.15) is 123 Å². The van der Waals surface area contributed by atoms with Crippen LogP contribution < -0.4 is 5.32 Å². The number of nitrogens with one attached hydrogen (secondary N) is 1. The first-order chi connectivity index (χ1) is 15.2. The predicted molar refractivity (Wildman–Crippen MR) is 133 cm³/mol. The summed E-state index contributed by atoms with van der Waals surface area (Å²) in [7, 11) is 0. The Morgan fingerprint density at radius 1 is 0.742 bits per heavy atom. The van der Waals surface area contributed by atoms with Crippen LogP contribution in [0.4, 0.5) is 0 Å². The van der Waals surface area contributed by atoms with E-state index in [0.717, 1.165) is 38.5 Å².